The standard InChI is InChI=1S/C18H20N2O6/c21-15-9-5-7-13-19(15)25-17(23)11-3-1-2-4-12-18(24)26-20-14-8-6-10-16(20)22/h5-10,13-14H,1-4,11-12H2. The lowest BCUT2D eigenvalue weighted by atomic mass is 10.1. The van der Waals surface area contributed by atoms with Gasteiger partial charge in [0.25, 0.3) is 11.1 Å². The molecule has 0 radical (unpaired) electrons. The van der Waals surface area contributed by atoms with Crippen molar-refractivity contribution in [2.45, 2.75) is 38.5 Å². The monoisotopic (exact) mass is 360 g/mol. The molecule has 0 bridgehead atoms. The molecule has 0 aliphatic rings. The van der Waals surface area contributed by atoms with E-state index in [0.717, 1.165) is 22.3 Å². The summed E-state index contributed by atoms with van der Waals surface area (Å²) in [6, 6.07) is 8.91. The van der Waals surface area contributed by atoms with E-state index < -0.39 is 23.1 Å². The largest absolute Gasteiger partial charge is 0.333 e. The first-order chi connectivity index (χ1) is 12.6. The van der Waals surface area contributed by atoms with Crippen LogP contribution in [0.4, 0.5) is 0 Å². The molecule has 8 heteroatoms. The lowest BCUT2D eigenvalue weighted by molar-refractivity contribution is -0.146. The van der Waals surface area contributed by atoms with Crippen molar-refractivity contribution in [3.8, 4) is 0 Å². The molecular weight excluding hydrogens is 340 g/mol. The van der Waals surface area contributed by atoms with Crippen LogP contribution in [0.5, 0.6) is 0 Å². The van der Waals surface area contributed by atoms with Gasteiger partial charge in [0.05, 0.1) is 0 Å². The van der Waals surface area contributed by atoms with Crippen molar-refractivity contribution in [1.29, 1.82) is 0 Å². The van der Waals surface area contributed by atoms with Gasteiger partial charge >= 0.3 is 11.9 Å². The van der Waals surface area contributed by atoms with Gasteiger partial charge in [-0.2, -0.15) is 0 Å². The van der Waals surface area contributed by atoms with Crippen LogP contribution in [-0.2, 0) is 9.59 Å². The predicted molar refractivity (Wildman–Crippen MR) is 92.3 cm³/mol. The normalized spacial score (nSPS) is 10.3. The molecule has 2 rings (SSSR count). The number of carbonyl (C=O) groups is 2. The number of hydrogen-bond donors (Lipinski definition) is 0. The topological polar surface area (TPSA) is 96.6 Å². The van der Waals surface area contributed by atoms with Gasteiger partial charge in [-0.15, -0.1) is 9.46 Å². The van der Waals surface area contributed by atoms with Crippen LogP contribution in [0, 0.1) is 0 Å². The Morgan fingerprint density at radius 2 is 1.12 bits per heavy atom. The second kappa shape index (κ2) is 9.97. The molecule has 0 spiro atoms. The molecule has 2 aromatic rings. The summed E-state index contributed by atoms with van der Waals surface area (Å²) < 4.78 is 1.79. The first-order valence-corrected chi connectivity index (χ1v) is 8.34. The Morgan fingerprint density at radius 3 is 1.50 bits per heavy atom. The molecule has 0 aromatic carbocycles. The van der Waals surface area contributed by atoms with Gasteiger partial charge in [-0.05, 0) is 25.0 Å². The van der Waals surface area contributed by atoms with Gasteiger partial charge < -0.3 is 9.68 Å². The van der Waals surface area contributed by atoms with E-state index >= 15 is 0 Å². The number of hydrogen-bond acceptors (Lipinski definition) is 6. The maximum absolute atomic E-state index is 11.7. The van der Waals surface area contributed by atoms with E-state index in [2.05, 4.69) is 0 Å². The van der Waals surface area contributed by atoms with Gasteiger partial charge in [-0.25, -0.2) is 9.59 Å². The molecule has 0 saturated carbocycles. The second-order valence-corrected chi connectivity index (χ2v) is 5.57. The SMILES string of the molecule is O=C(CCCCCCC(=O)On1ccccc1=O)On1ccccc1=O. The average Bonchev–Trinajstić information content (AvgIpc) is 2.62. The molecule has 0 aliphatic heterocycles. The Hall–Kier alpha value is -3.16. The Balaban J connectivity index is 1.58. The number of carbonyl (C=O) groups excluding carboxylic acids is 2. The highest BCUT2D eigenvalue weighted by atomic mass is 16.7. The zero-order chi connectivity index (χ0) is 18.8. The van der Waals surface area contributed by atoms with E-state index in [0.29, 0.717) is 12.8 Å². The van der Waals surface area contributed by atoms with Crippen molar-refractivity contribution in [3.05, 3.63) is 69.5 Å². The first-order valence-electron chi connectivity index (χ1n) is 8.34. The number of aromatic nitrogens is 2. The third-order valence-electron chi connectivity index (χ3n) is 3.49. The summed E-state index contributed by atoms with van der Waals surface area (Å²) in [5.74, 6) is -0.970. The van der Waals surface area contributed by atoms with E-state index in [9.17, 15) is 19.2 Å². The van der Waals surface area contributed by atoms with Crippen molar-refractivity contribution in [2.75, 3.05) is 0 Å². The summed E-state index contributed by atoms with van der Waals surface area (Å²) in [5, 5.41) is 0. The zero-order valence-electron chi connectivity index (χ0n) is 14.2. The summed E-state index contributed by atoms with van der Waals surface area (Å²) in [4.78, 5) is 56.0. The van der Waals surface area contributed by atoms with E-state index in [1.165, 1.54) is 24.5 Å². The van der Waals surface area contributed by atoms with Gasteiger partial charge in [0, 0.05) is 37.4 Å². The summed E-state index contributed by atoms with van der Waals surface area (Å²) >= 11 is 0. The molecule has 8 nitrogen and oxygen atoms in total. The van der Waals surface area contributed by atoms with Crippen molar-refractivity contribution in [3.63, 3.8) is 0 Å². The molecule has 0 unspecified atom stereocenters. The van der Waals surface area contributed by atoms with Gasteiger partial charge in [0.2, 0.25) is 0 Å². The predicted octanol–water partition coefficient (Wildman–Crippen LogP) is 0.961. The minimum absolute atomic E-state index is 0.186. The summed E-state index contributed by atoms with van der Waals surface area (Å²) in [6.45, 7) is 0. The fourth-order valence-electron chi connectivity index (χ4n) is 2.18. The van der Waals surface area contributed by atoms with Crippen LogP contribution < -0.4 is 20.8 Å². The number of nitrogens with zero attached hydrogens (tertiary/aromatic N) is 2. The quantitative estimate of drug-likeness (QED) is 0.618. The summed E-state index contributed by atoms with van der Waals surface area (Å²) in [5.41, 5.74) is -0.811. The molecule has 0 amide bonds. The minimum atomic E-state index is -0.485. The lowest BCUT2D eigenvalue weighted by Gasteiger charge is -2.06. The molecular formula is C18H20N2O6. The maximum atomic E-state index is 11.7. The summed E-state index contributed by atoms with van der Waals surface area (Å²) in [6.07, 6.45) is 5.78. The Kier molecular flexibility index (Phi) is 7.35. The van der Waals surface area contributed by atoms with Gasteiger partial charge in [0.1, 0.15) is 0 Å². The van der Waals surface area contributed by atoms with Gasteiger partial charge in [-0.1, -0.05) is 25.0 Å². The lowest BCUT2D eigenvalue weighted by Crippen LogP contribution is -2.29. The van der Waals surface area contributed by atoms with Crippen molar-refractivity contribution < 1.29 is 19.3 Å². The van der Waals surface area contributed by atoms with Gasteiger partial charge in [0.15, 0.2) is 0 Å². The maximum Gasteiger partial charge on any atom is 0.333 e. The Bertz CT molecular complexity index is 783. The van der Waals surface area contributed by atoms with Crippen LogP contribution in [0.3, 0.4) is 0 Å². The first kappa shape index (κ1) is 19.2. The molecule has 0 saturated heterocycles. The molecule has 2 heterocycles. The fraction of sp³-hybridized carbons (Fsp3) is 0.333. The highest BCUT2D eigenvalue weighted by Gasteiger charge is 2.07. The molecule has 26 heavy (non-hydrogen) atoms. The zero-order valence-corrected chi connectivity index (χ0v) is 14.2. The van der Waals surface area contributed by atoms with Crippen LogP contribution in [-0.4, -0.2) is 21.4 Å². The van der Waals surface area contributed by atoms with Crippen LogP contribution in [0.15, 0.2) is 58.4 Å². The number of pyridine rings is 2. The second-order valence-electron chi connectivity index (χ2n) is 5.57. The van der Waals surface area contributed by atoms with Crippen molar-refractivity contribution >= 4 is 11.9 Å². The molecule has 0 N–H and O–H groups in total. The van der Waals surface area contributed by atoms with Crippen LogP contribution in [0.25, 0.3) is 0 Å². The number of rotatable bonds is 9. The third kappa shape index (κ3) is 6.39. The van der Waals surface area contributed by atoms with Crippen molar-refractivity contribution in [2.24, 2.45) is 0 Å². The minimum Gasteiger partial charge on any atom is -0.333 e. The molecule has 0 atom stereocenters. The van der Waals surface area contributed by atoms with Crippen LogP contribution in [0.1, 0.15) is 38.5 Å². The van der Waals surface area contributed by atoms with E-state index in [1.807, 2.05) is 0 Å². The molecule has 0 aliphatic carbocycles. The average molecular weight is 360 g/mol. The highest BCUT2D eigenvalue weighted by Crippen LogP contribution is 2.06. The number of unbranched alkanes of at least 4 members (excludes halogenated alkanes) is 3. The summed E-state index contributed by atoms with van der Waals surface area (Å²) in [7, 11) is 0. The molecule has 2 aromatic heterocycles. The fourth-order valence-corrected chi connectivity index (χ4v) is 2.18. The Morgan fingerprint density at radius 1 is 0.692 bits per heavy atom. The van der Waals surface area contributed by atoms with Gasteiger partial charge in [-0.3, -0.25) is 9.59 Å². The Labute approximate surface area is 149 Å². The van der Waals surface area contributed by atoms with Crippen LogP contribution >= 0.6 is 0 Å². The molecule has 0 fully saturated rings. The highest BCUT2D eigenvalue weighted by molar-refractivity contribution is 5.70. The van der Waals surface area contributed by atoms with E-state index in [1.54, 1.807) is 24.3 Å². The van der Waals surface area contributed by atoms with Crippen LogP contribution in [0.2, 0.25) is 0 Å². The van der Waals surface area contributed by atoms with E-state index in [-0.39, 0.29) is 12.8 Å². The smallest absolute Gasteiger partial charge is 0.333 e. The van der Waals surface area contributed by atoms with E-state index in [4.69, 9.17) is 9.68 Å². The molecule has 138 valence electrons. The van der Waals surface area contributed by atoms with Crippen molar-refractivity contribution in [1.82, 2.24) is 9.46 Å². The third-order valence-corrected chi connectivity index (χ3v) is 3.49.